The van der Waals surface area contributed by atoms with Crippen molar-refractivity contribution in [3.05, 3.63) is 88.2 Å². The fourth-order valence-electron chi connectivity index (χ4n) is 4.18. The summed E-state index contributed by atoms with van der Waals surface area (Å²) in [6.45, 7) is 4.83. The molecule has 1 atom stereocenters. The third-order valence-corrected chi connectivity index (χ3v) is 5.87. The summed E-state index contributed by atoms with van der Waals surface area (Å²) in [5.74, 6) is 1.34. The Bertz CT molecular complexity index is 1390. The Labute approximate surface area is 184 Å². The summed E-state index contributed by atoms with van der Waals surface area (Å²) in [7, 11) is 0. The molecule has 0 radical (unpaired) electrons. The molecule has 0 saturated carbocycles. The van der Waals surface area contributed by atoms with Gasteiger partial charge in [-0.25, -0.2) is 4.98 Å². The first kappa shape index (κ1) is 20.1. The summed E-state index contributed by atoms with van der Waals surface area (Å²) in [5, 5.41) is 0.503. The number of Topliss-reactive ketones (excluding diaryl/α,β-unsaturated/α-hetero) is 1. The van der Waals surface area contributed by atoms with Crippen LogP contribution in [0.25, 0.3) is 10.9 Å². The van der Waals surface area contributed by atoms with Gasteiger partial charge in [-0.15, -0.1) is 0 Å². The van der Waals surface area contributed by atoms with Crippen LogP contribution < -0.4 is 15.0 Å². The maximum atomic E-state index is 13.1. The molecule has 1 unspecified atom stereocenters. The lowest BCUT2D eigenvalue weighted by molar-refractivity contribution is 0.0777. The van der Waals surface area contributed by atoms with Gasteiger partial charge in [0.05, 0.1) is 30.3 Å². The van der Waals surface area contributed by atoms with E-state index in [0.717, 1.165) is 22.9 Å². The van der Waals surface area contributed by atoms with E-state index in [-0.39, 0.29) is 24.0 Å². The number of hydrogen-bond acceptors (Lipinski definition) is 5. The highest BCUT2D eigenvalue weighted by Crippen LogP contribution is 2.31. The van der Waals surface area contributed by atoms with Gasteiger partial charge in [0, 0.05) is 17.0 Å². The van der Waals surface area contributed by atoms with Crippen molar-refractivity contribution in [2.24, 2.45) is 0 Å². The average molecular weight is 429 g/mol. The van der Waals surface area contributed by atoms with Gasteiger partial charge in [0.1, 0.15) is 6.61 Å². The first-order chi connectivity index (χ1) is 15.5. The molecule has 0 amide bonds. The van der Waals surface area contributed by atoms with Crippen LogP contribution in [0.2, 0.25) is 0 Å². The lowest BCUT2D eigenvalue weighted by atomic mass is 10.1. The van der Waals surface area contributed by atoms with Crippen LogP contribution in [0, 0.1) is 13.8 Å². The molecule has 0 saturated heterocycles. The standard InChI is InChI=1S/C25H23N3O4/c1-16-11-20(22(29)13-27-15-26-21-8-4-3-7-19(21)25(27)30)17(2)28(16)12-18-14-31-23-9-5-6-10-24(23)32-18/h3-11,15,18H,12-14H2,1-2H3. The van der Waals surface area contributed by atoms with E-state index in [1.807, 2.05) is 50.2 Å². The summed E-state index contributed by atoms with van der Waals surface area (Å²) in [4.78, 5) is 30.1. The molecule has 3 heterocycles. The van der Waals surface area contributed by atoms with Crippen molar-refractivity contribution in [2.45, 2.75) is 33.0 Å². The average Bonchev–Trinajstić information content (AvgIpc) is 3.09. The Balaban J connectivity index is 1.37. The molecule has 1 aliphatic heterocycles. The molecule has 7 nitrogen and oxygen atoms in total. The fourth-order valence-corrected chi connectivity index (χ4v) is 4.18. The number of ether oxygens (including phenoxy) is 2. The SMILES string of the molecule is Cc1cc(C(=O)Cn2cnc3ccccc3c2=O)c(C)n1CC1COc2ccccc2O1. The number of nitrogens with zero attached hydrogens (tertiary/aromatic N) is 3. The topological polar surface area (TPSA) is 75.4 Å². The Morgan fingerprint density at radius 2 is 1.84 bits per heavy atom. The lowest BCUT2D eigenvalue weighted by Crippen LogP contribution is -2.33. The molecule has 0 bridgehead atoms. The highest BCUT2D eigenvalue weighted by atomic mass is 16.6. The second kappa shape index (κ2) is 8.00. The van der Waals surface area contributed by atoms with E-state index in [2.05, 4.69) is 9.55 Å². The van der Waals surface area contributed by atoms with Crippen LogP contribution in [0.5, 0.6) is 11.5 Å². The number of para-hydroxylation sites is 3. The van der Waals surface area contributed by atoms with Gasteiger partial charge < -0.3 is 14.0 Å². The van der Waals surface area contributed by atoms with E-state index in [9.17, 15) is 9.59 Å². The minimum atomic E-state index is -0.218. The van der Waals surface area contributed by atoms with E-state index in [1.165, 1.54) is 10.9 Å². The van der Waals surface area contributed by atoms with E-state index in [1.54, 1.807) is 18.2 Å². The molecule has 2 aromatic carbocycles. The van der Waals surface area contributed by atoms with Crippen molar-refractivity contribution < 1.29 is 14.3 Å². The zero-order valence-electron chi connectivity index (χ0n) is 17.9. The molecular formula is C25H23N3O4. The minimum Gasteiger partial charge on any atom is -0.486 e. The molecule has 5 rings (SSSR count). The van der Waals surface area contributed by atoms with Gasteiger partial charge in [-0.3, -0.25) is 14.2 Å². The second-order valence-corrected chi connectivity index (χ2v) is 8.01. The molecule has 0 aliphatic carbocycles. The zero-order chi connectivity index (χ0) is 22.2. The molecule has 0 spiro atoms. The molecule has 0 fully saturated rings. The Morgan fingerprint density at radius 3 is 2.69 bits per heavy atom. The molecule has 32 heavy (non-hydrogen) atoms. The van der Waals surface area contributed by atoms with Crippen LogP contribution >= 0.6 is 0 Å². The fraction of sp³-hybridized carbons (Fsp3) is 0.240. The summed E-state index contributed by atoms with van der Waals surface area (Å²) in [5.41, 5.74) is 2.80. The van der Waals surface area contributed by atoms with Crippen molar-refractivity contribution in [3.63, 3.8) is 0 Å². The minimum absolute atomic E-state index is 0.0582. The normalized spacial score (nSPS) is 15.1. The van der Waals surface area contributed by atoms with Crippen molar-refractivity contribution in [1.82, 2.24) is 14.1 Å². The molecule has 4 aromatic rings. The predicted octanol–water partition coefficient (Wildman–Crippen LogP) is 3.54. The number of carbonyl (C=O) groups is 1. The summed E-state index contributed by atoms with van der Waals surface area (Å²) in [6.07, 6.45) is 1.27. The van der Waals surface area contributed by atoms with E-state index in [4.69, 9.17) is 9.47 Å². The van der Waals surface area contributed by atoms with Crippen molar-refractivity contribution in [2.75, 3.05) is 6.61 Å². The van der Waals surface area contributed by atoms with Gasteiger partial charge in [-0.05, 0) is 44.2 Å². The maximum Gasteiger partial charge on any atom is 0.261 e. The number of ketones is 1. The largest absolute Gasteiger partial charge is 0.486 e. The summed E-state index contributed by atoms with van der Waals surface area (Å²) in [6, 6.07) is 16.6. The molecule has 162 valence electrons. The molecule has 2 aromatic heterocycles. The third kappa shape index (κ3) is 3.56. The quantitative estimate of drug-likeness (QED) is 0.454. The van der Waals surface area contributed by atoms with Gasteiger partial charge in [0.15, 0.2) is 23.4 Å². The molecule has 0 N–H and O–H groups in total. The molecule has 1 aliphatic rings. The van der Waals surface area contributed by atoms with Gasteiger partial charge in [0.25, 0.3) is 5.56 Å². The Morgan fingerprint density at radius 1 is 1.09 bits per heavy atom. The van der Waals surface area contributed by atoms with Crippen molar-refractivity contribution in [3.8, 4) is 11.5 Å². The van der Waals surface area contributed by atoms with Crippen molar-refractivity contribution >= 4 is 16.7 Å². The predicted molar refractivity (Wildman–Crippen MR) is 121 cm³/mol. The van der Waals surface area contributed by atoms with Gasteiger partial charge >= 0.3 is 0 Å². The van der Waals surface area contributed by atoms with Gasteiger partial charge in [-0.1, -0.05) is 24.3 Å². The number of aryl methyl sites for hydroxylation is 1. The van der Waals surface area contributed by atoms with Crippen LogP contribution in [-0.2, 0) is 13.1 Å². The van der Waals surface area contributed by atoms with Crippen LogP contribution in [0.3, 0.4) is 0 Å². The number of fused-ring (bicyclic) bond motifs is 2. The van der Waals surface area contributed by atoms with Crippen LogP contribution in [-0.4, -0.2) is 32.6 Å². The Kier molecular flexibility index (Phi) is 5.01. The molecular weight excluding hydrogens is 406 g/mol. The number of carbonyl (C=O) groups excluding carboxylic acids is 1. The second-order valence-electron chi connectivity index (χ2n) is 8.01. The summed E-state index contributed by atoms with van der Waals surface area (Å²) >= 11 is 0. The smallest absolute Gasteiger partial charge is 0.261 e. The van der Waals surface area contributed by atoms with Crippen LogP contribution in [0.4, 0.5) is 0 Å². The monoisotopic (exact) mass is 429 g/mol. The molecule has 7 heteroatoms. The third-order valence-electron chi connectivity index (χ3n) is 5.87. The van der Waals surface area contributed by atoms with Crippen molar-refractivity contribution in [1.29, 1.82) is 0 Å². The number of aromatic nitrogens is 3. The van der Waals surface area contributed by atoms with Gasteiger partial charge in [-0.2, -0.15) is 0 Å². The van der Waals surface area contributed by atoms with Crippen LogP contribution in [0.15, 0.2) is 65.7 Å². The highest BCUT2D eigenvalue weighted by molar-refractivity contribution is 5.97. The maximum absolute atomic E-state index is 13.1. The first-order valence-electron chi connectivity index (χ1n) is 10.5. The van der Waals surface area contributed by atoms with E-state index < -0.39 is 0 Å². The first-order valence-corrected chi connectivity index (χ1v) is 10.5. The summed E-state index contributed by atoms with van der Waals surface area (Å²) < 4.78 is 15.3. The van der Waals surface area contributed by atoms with E-state index in [0.29, 0.717) is 29.6 Å². The highest BCUT2D eigenvalue weighted by Gasteiger charge is 2.24. The number of rotatable bonds is 5. The number of benzene rings is 2. The van der Waals surface area contributed by atoms with E-state index >= 15 is 0 Å². The van der Waals surface area contributed by atoms with Gasteiger partial charge in [0.2, 0.25) is 0 Å². The Hall–Kier alpha value is -3.87. The van der Waals surface area contributed by atoms with Crippen LogP contribution in [0.1, 0.15) is 21.7 Å². The lowest BCUT2D eigenvalue weighted by Gasteiger charge is -2.27. The zero-order valence-corrected chi connectivity index (χ0v) is 17.9. The number of hydrogen-bond donors (Lipinski definition) is 0.